The SMILES string of the molecule is CC(C)C1=C2[C@H]3CC[C@@H]4[C@@]5(C)CC[C@H](OC(=O)CC(C)(C)C(=O)O)C(C)(C)[C@@H]5CC[C@@]4(C)[C@]3(C)CC[C@@]2([C@H](O)c2nnc(-c3ccc(Cl)cn3)o2)CC1=O. The van der Waals surface area contributed by atoms with E-state index in [9.17, 15) is 24.6 Å². The number of hydrogen-bond donors (Lipinski definition) is 2. The molecule has 2 heterocycles. The number of pyridine rings is 1. The number of ether oxygens (including phenoxy) is 1. The van der Waals surface area contributed by atoms with Gasteiger partial charge in [-0.05, 0) is 128 Å². The number of esters is 1. The summed E-state index contributed by atoms with van der Waals surface area (Å²) in [7, 11) is 0. The van der Waals surface area contributed by atoms with Crippen LogP contribution in [0, 0.1) is 56.2 Å². The number of carboxylic acids is 1. The van der Waals surface area contributed by atoms with Crippen molar-refractivity contribution < 1.29 is 33.8 Å². The van der Waals surface area contributed by atoms with Gasteiger partial charge in [-0.1, -0.05) is 60.1 Å². The lowest BCUT2D eigenvalue weighted by Gasteiger charge is -2.72. The zero-order valence-electron chi connectivity index (χ0n) is 33.4. The Labute approximate surface area is 324 Å². The quantitative estimate of drug-likeness (QED) is 0.249. The van der Waals surface area contributed by atoms with Crippen molar-refractivity contribution in [2.75, 3.05) is 0 Å². The summed E-state index contributed by atoms with van der Waals surface area (Å²) in [4.78, 5) is 43.3. The number of carbonyl (C=O) groups is 3. The third-order valence-electron chi connectivity index (χ3n) is 16.0. The van der Waals surface area contributed by atoms with Crippen LogP contribution < -0.4 is 0 Å². The van der Waals surface area contributed by atoms with Gasteiger partial charge in [-0.25, -0.2) is 4.98 Å². The Morgan fingerprint density at radius 1 is 0.981 bits per heavy atom. The molecule has 11 heteroatoms. The van der Waals surface area contributed by atoms with Crippen molar-refractivity contribution >= 4 is 29.3 Å². The predicted molar refractivity (Wildman–Crippen MR) is 203 cm³/mol. The summed E-state index contributed by atoms with van der Waals surface area (Å²) in [6.45, 7) is 19.3. The molecular formula is C43H58ClN3O7. The number of carbonyl (C=O) groups excluding carboxylic acids is 2. The Kier molecular flexibility index (Phi) is 9.40. The smallest absolute Gasteiger partial charge is 0.309 e. The second-order valence-electron chi connectivity index (χ2n) is 19.8. The van der Waals surface area contributed by atoms with E-state index in [0.717, 1.165) is 56.1 Å². The van der Waals surface area contributed by atoms with Crippen LogP contribution in [0.2, 0.25) is 5.02 Å². The van der Waals surface area contributed by atoms with Crippen LogP contribution in [-0.2, 0) is 19.1 Å². The number of rotatable bonds is 8. The fourth-order valence-electron chi connectivity index (χ4n) is 13.0. The lowest BCUT2D eigenvalue weighted by molar-refractivity contribution is -0.235. The molecular weight excluding hydrogens is 706 g/mol. The third kappa shape index (κ3) is 5.65. The Morgan fingerprint density at radius 3 is 2.35 bits per heavy atom. The first kappa shape index (κ1) is 39.1. The topological polar surface area (TPSA) is 153 Å². The molecule has 2 N–H and O–H groups in total. The maximum Gasteiger partial charge on any atom is 0.309 e. The number of Topliss-reactive ketones (excluding diaryl/α,β-unsaturated/α-hetero) is 1. The predicted octanol–water partition coefficient (Wildman–Crippen LogP) is 9.21. The fraction of sp³-hybridized carbons (Fsp3) is 0.721. The van der Waals surface area contributed by atoms with E-state index in [1.54, 1.807) is 26.0 Å². The van der Waals surface area contributed by atoms with E-state index in [1.807, 2.05) is 0 Å². The Balaban J connectivity index is 1.19. The van der Waals surface area contributed by atoms with E-state index in [-0.39, 0.29) is 70.0 Å². The molecule has 5 aliphatic carbocycles. The Morgan fingerprint density at radius 2 is 1.70 bits per heavy atom. The van der Waals surface area contributed by atoms with Gasteiger partial charge in [0.2, 0.25) is 5.89 Å². The molecule has 0 aliphatic heterocycles. The van der Waals surface area contributed by atoms with Crippen LogP contribution in [0.4, 0.5) is 0 Å². The van der Waals surface area contributed by atoms with Crippen molar-refractivity contribution in [3.63, 3.8) is 0 Å². The van der Waals surface area contributed by atoms with Crippen LogP contribution in [-0.4, -0.2) is 49.2 Å². The summed E-state index contributed by atoms with van der Waals surface area (Å²) < 4.78 is 12.3. The van der Waals surface area contributed by atoms with E-state index in [2.05, 4.69) is 63.6 Å². The summed E-state index contributed by atoms with van der Waals surface area (Å²) in [5, 5.41) is 31.0. The van der Waals surface area contributed by atoms with Gasteiger partial charge in [0.05, 0.1) is 16.9 Å². The van der Waals surface area contributed by atoms with Crippen molar-refractivity contribution in [1.82, 2.24) is 15.2 Å². The van der Waals surface area contributed by atoms with E-state index in [0.29, 0.717) is 29.0 Å². The highest BCUT2D eigenvalue weighted by molar-refractivity contribution is 6.30. The molecule has 0 saturated heterocycles. The minimum Gasteiger partial charge on any atom is -0.481 e. The summed E-state index contributed by atoms with van der Waals surface area (Å²) >= 11 is 6.05. The zero-order valence-corrected chi connectivity index (χ0v) is 34.2. The molecule has 0 radical (unpaired) electrons. The monoisotopic (exact) mass is 763 g/mol. The largest absolute Gasteiger partial charge is 0.481 e. The molecule has 2 aromatic heterocycles. The highest BCUT2D eigenvalue weighted by Crippen LogP contribution is 2.77. The molecule has 0 bridgehead atoms. The first-order valence-electron chi connectivity index (χ1n) is 20.0. The molecule has 5 aliphatic rings. The molecule has 54 heavy (non-hydrogen) atoms. The maximum absolute atomic E-state index is 14.1. The van der Waals surface area contributed by atoms with Gasteiger partial charge >= 0.3 is 11.9 Å². The average molecular weight is 764 g/mol. The maximum atomic E-state index is 14.1. The normalized spacial score (nSPS) is 36.6. The van der Waals surface area contributed by atoms with Gasteiger partial charge in [0, 0.05) is 23.4 Å². The van der Waals surface area contributed by atoms with Crippen LogP contribution in [0.5, 0.6) is 0 Å². The molecule has 0 amide bonds. The second kappa shape index (κ2) is 13.0. The van der Waals surface area contributed by atoms with Gasteiger partial charge in [-0.15, -0.1) is 10.2 Å². The number of hydrogen-bond acceptors (Lipinski definition) is 9. The molecule has 7 rings (SSSR count). The fourth-order valence-corrected chi connectivity index (χ4v) is 13.1. The first-order chi connectivity index (χ1) is 25.1. The highest BCUT2D eigenvalue weighted by Gasteiger charge is 2.71. The average Bonchev–Trinajstić information content (AvgIpc) is 3.69. The molecule has 294 valence electrons. The van der Waals surface area contributed by atoms with Gasteiger partial charge in [0.1, 0.15) is 17.9 Å². The van der Waals surface area contributed by atoms with Gasteiger partial charge in [-0.3, -0.25) is 14.4 Å². The molecule has 4 fully saturated rings. The standard InChI is InChI=1S/C43H58ClN3O7/c1-23(2)32-27(48)20-43(34(50)36-47-46-35(54-36)26-12-10-24(44)22-45-26)19-18-41(8)25(33(32)43)11-13-29-40(7)16-15-30(53-31(49)21-38(3,4)37(51)52)39(5,6)28(40)14-17-42(29,41)9/h10,12,22-23,25,28-30,34,50H,11,13-21H2,1-9H3,(H,51,52)/t25-,28+,29-,30+,34-,40+,41-,42-,43-/m1/s1. The lowest BCUT2D eigenvalue weighted by Crippen LogP contribution is -2.66. The van der Waals surface area contributed by atoms with Crippen molar-refractivity contribution in [2.45, 2.75) is 139 Å². The van der Waals surface area contributed by atoms with E-state index in [1.165, 1.54) is 6.20 Å². The molecule has 2 aromatic rings. The van der Waals surface area contributed by atoms with Crippen LogP contribution >= 0.6 is 11.6 Å². The van der Waals surface area contributed by atoms with E-state index >= 15 is 0 Å². The molecule has 4 saturated carbocycles. The van der Waals surface area contributed by atoms with Crippen LogP contribution in [0.25, 0.3) is 11.6 Å². The molecule has 0 aromatic carbocycles. The summed E-state index contributed by atoms with van der Waals surface area (Å²) in [5.74, 6) is -0.133. The van der Waals surface area contributed by atoms with Gasteiger partial charge in [-0.2, -0.15) is 0 Å². The van der Waals surface area contributed by atoms with Crippen molar-refractivity contribution in [2.24, 2.45) is 56.2 Å². The van der Waals surface area contributed by atoms with E-state index in [4.69, 9.17) is 20.8 Å². The minimum absolute atomic E-state index is 0.0123. The second-order valence-corrected chi connectivity index (χ2v) is 20.2. The van der Waals surface area contributed by atoms with Crippen LogP contribution in [0.1, 0.15) is 139 Å². The van der Waals surface area contributed by atoms with Crippen LogP contribution in [0.3, 0.4) is 0 Å². The van der Waals surface area contributed by atoms with Gasteiger partial charge in [0.15, 0.2) is 5.78 Å². The summed E-state index contributed by atoms with van der Waals surface area (Å²) in [5.41, 5.74) is 0.0555. The number of allylic oxidation sites excluding steroid dienone is 1. The number of aromatic nitrogens is 3. The number of nitrogens with zero attached hydrogens (tertiary/aromatic N) is 3. The zero-order chi connectivity index (χ0) is 39.4. The third-order valence-corrected chi connectivity index (χ3v) is 16.2. The van der Waals surface area contributed by atoms with Gasteiger partial charge in [0.25, 0.3) is 5.89 Å². The lowest BCUT2D eigenvalue weighted by atomic mass is 9.33. The number of aliphatic hydroxyl groups excluding tert-OH is 1. The van der Waals surface area contributed by atoms with Crippen molar-refractivity contribution in [1.29, 1.82) is 0 Å². The minimum atomic E-state index is -1.18. The number of aliphatic carboxylic acids is 1. The Bertz CT molecular complexity index is 1880. The van der Waals surface area contributed by atoms with Gasteiger partial charge < -0.3 is 19.4 Å². The number of fused-ring (bicyclic) bond motifs is 7. The summed E-state index contributed by atoms with van der Waals surface area (Å²) in [6.07, 6.45) is 7.35. The number of ketones is 1. The first-order valence-corrected chi connectivity index (χ1v) is 20.3. The highest BCUT2D eigenvalue weighted by atomic mass is 35.5. The number of halogens is 1. The number of carboxylic acid groups (broad SMARTS) is 1. The van der Waals surface area contributed by atoms with E-state index < -0.39 is 28.9 Å². The molecule has 9 atom stereocenters. The number of aliphatic hydroxyl groups is 1. The van der Waals surface area contributed by atoms with Crippen LogP contribution in [0.15, 0.2) is 33.9 Å². The molecule has 10 nitrogen and oxygen atoms in total. The summed E-state index contributed by atoms with van der Waals surface area (Å²) in [6, 6.07) is 3.41. The molecule has 0 spiro atoms. The van der Waals surface area contributed by atoms with Crippen molar-refractivity contribution in [3.8, 4) is 11.6 Å². The Hall–Kier alpha value is -3.11. The molecule has 0 unspecified atom stereocenters. The van der Waals surface area contributed by atoms with Crippen molar-refractivity contribution in [3.05, 3.63) is 40.4 Å².